The van der Waals surface area contributed by atoms with Crippen molar-refractivity contribution >= 4 is 44.4 Å². The number of aryl methyl sites for hydroxylation is 1. The van der Waals surface area contributed by atoms with Crippen molar-refractivity contribution in [2.24, 2.45) is 0 Å². The maximum Gasteiger partial charge on any atom is 0.236 e. The van der Waals surface area contributed by atoms with Gasteiger partial charge in [-0.05, 0) is 44.2 Å². The number of amides is 1. The molecule has 1 amide bonds. The van der Waals surface area contributed by atoms with Crippen molar-refractivity contribution in [2.45, 2.75) is 19.0 Å². The van der Waals surface area contributed by atoms with Gasteiger partial charge in [0.25, 0.3) is 0 Å². The SMILES string of the molecule is CCOc1ccc2nc(NC(=O)CSc3ncc(-c4ccccc4)n3-c3ccc(C)cc3)sc2c1. The Morgan fingerprint density at radius 3 is 2.66 bits per heavy atom. The van der Waals surface area contributed by atoms with E-state index < -0.39 is 0 Å². The van der Waals surface area contributed by atoms with Crippen LogP contribution in [-0.2, 0) is 4.79 Å². The molecule has 6 nitrogen and oxygen atoms in total. The third-order valence-corrected chi connectivity index (χ3v) is 7.23. The van der Waals surface area contributed by atoms with Crippen molar-refractivity contribution < 1.29 is 9.53 Å². The topological polar surface area (TPSA) is 69.0 Å². The molecule has 1 N–H and O–H groups in total. The average molecular weight is 501 g/mol. The van der Waals surface area contributed by atoms with Crippen LogP contribution in [0.2, 0.25) is 0 Å². The van der Waals surface area contributed by atoms with Crippen LogP contribution in [0.1, 0.15) is 12.5 Å². The van der Waals surface area contributed by atoms with E-state index >= 15 is 0 Å². The van der Waals surface area contributed by atoms with E-state index in [1.807, 2.05) is 49.5 Å². The number of benzene rings is 3. The third kappa shape index (κ3) is 5.23. The van der Waals surface area contributed by atoms with Crippen molar-refractivity contribution in [3.63, 3.8) is 0 Å². The summed E-state index contributed by atoms with van der Waals surface area (Å²) in [6.07, 6.45) is 1.86. The van der Waals surface area contributed by atoms with E-state index in [9.17, 15) is 4.79 Å². The van der Waals surface area contributed by atoms with Gasteiger partial charge in [0.05, 0.1) is 34.5 Å². The lowest BCUT2D eigenvalue weighted by Gasteiger charge is -2.12. The minimum absolute atomic E-state index is 0.126. The fraction of sp³-hybridized carbons (Fsp3) is 0.148. The molecule has 8 heteroatoms. The Balaban J connectivity index is 1.34. The average Bonchev–Trinajstić information content (AvgIpc) is 3.47. The highest BCUT2D eigenvalue weighted by Crippen LogP contribution is 2.31. The predicted molar refractivity (Wildman–Crippen MR) is 144 cm³/mol. The fourth-order valence-electron chi connectivity index (χ4n) is 3.69. The molecule has 0 aliphatic rings. The smallest absolute Gasteiger partial charge is 0.236 e. The lowest BCUT2D eigenvalue weighted by Crippen LogP contribution is -2.14. The van der Waals surface area contributed by atoms with Crippen molar-refractivity contribution in [3.8, 4) is 22.7 Å². The molecule has 0 bridgehead atoms. The number of thiazole rings is 1. The number of fused-ring (bicyclic) bond motifs is 1. The van der Waals surface area contributed by atoms with E-state index in [1.165, 1.54) is 28.7 Å². The van der Waals surface area contributed by atoms with E-state index in [0.717, 1.165) is 38.1 Å². The molecule has 0 spiro atoms. The summed E-state index contributed by atoms with van der Waals surface area (Å²) in [5, 5.41) is 4.26. The number of hydrogen-bond donors (Lipinski definition) is 1. The van der Waals surface area contributed by atoms with Gasteiger partial charge in [0.15, 0.2) is 10.3 Å². The van der Waals surface area contributed by atoms with Crippen LogP contribution in [0.5, 0.6) is 5.75 Å². The van der Waals surface area contributed by atoms with Gasteiger partial charge >= 0.3 is 0 Å². The highest BCUT2D eigenvalue weighted by atomic mass is 32.2. The van der Waals surface area contributed by atoms with Gasteiger partial charge in [0.2, 0.25) is 5.91 Å². The van der Waals surface area contributed by atoms with Crippen LogP contribution in [0.15, 0.2) is 84.1 Å². The predicted octanol–water partition coefficient (Wildman–Crippen LogP) is 6.59. The summed E-state index contributed by atoms with van der Waals surface area (Å²) in [5.41, 5.74) is 5.08. The first-order chi connectivity index (χ1) is 17.1. The second kappa shape index (κ2) is 10.3. The van der Waals surface area contributed by atoms with Crippen molar-refractivity contribution in [2.75, 3.05) is 17.7 Å². The highest BCUT2D eigenvalue weighted by Gasteiger charge is 2.16. The van der Waals surface area contributed by atoms with Gasteiger partial charge in [-0.2, -0.15) is 0 Å². The molecule has 0 fully saturated rings. The number of thioether (sulfide) groups is 1. The summed E-state index contributed by atoms with van der Waals surface area (Å²) < 4.78 is 8.63. The normalized spacial score (nSPS) is 11.0. The minimum atomic E-state index is -0.126. The molecule has 0 radical (unpaired) electrons. The standard InChI is InChI=1S/C27H24N4O2S2/c1-3-33-21-13-14-22-24(15-21)35-26(29-22)30-25(32)17-34-27-28-16-23(19-7-5-4-6-8-19)31(27)20-11-9-18(2)10-12-20/h4-16H,3,17H2,1-2H3,(H,29,30,32). The zero-order chi connectivity index (χ0) is 24.2. The third-order valence-electron chi connectivity index (χ3n) is 5.34. The summed E-state index contributed by atoms with van der Waals surface area (Å²) >= 11 is 2.84. The van der Waals surface area contributed by atoms with E-state index in [0.29, 0.717) is 11.7 Å². The molecule has 0 saturated carbocycles. The number of carbonyl (C=O) groups excluding carboxylic acids is 1. The largest absolute Gasteiger partial charge is 0.494 e. The quantitative estimate of drug-likeness (QED) is 0.244. The Bertz CT molecular complexity index is 1460. The molecule has 0 saturated heterocycles. The van der Waals surface area contributed by atoms with E-state index in [1.54, 1.807) is 0 Å². The molecule has 0 unspecified atom stereocenters. The zero-order valence-corrected chi connectivity index (χ0v) is 21.0. The first kappa shape index (κ1) is 23.1. The molecule has 0 atom stereocenters. The van der Waals surface area contributed by atoms with Gasteiger partial charge in [-0.15, -0.1) is 0 Å². The van der Waals surface area contributed by atoms with Gasteiger partial charge in [-0.25, -0.2) is 9.97 Å². The van der Waals surface area contributed by atoms with E-state index in [2.05, 4.69) is 63.2 Å². The maximum absolute atomic E-state index is 12.8. The van der Waals surface area contributed by atoms with Crippen LogP contribution >= 0.6 is 23.1 Å². The molecule has 0 aliphatic carbocycles. The second-order valence-corrected chi connectivity index (χ2v) is 9.85. The minimum Gasteiger partial charge on any atom is -0.494 e. The van der Waals surface area contributed by atoms with Crippen LogP contribution in [0.25, 0.3) is 27.2 Å². The highest BCUT2D eigenvalue weighted by molar-refractivity contribution is 7.99. The van der Waals surface area contributed by atoms with Crippen LogP contribution in [0.4, 0.5) is 5.13 Å². The van der Waals surface area contributed by atoms with Gasteiger partial charge < -0.3 is 10.1 Å². The number of ether oxygens (including phenoxy) is 1. The number of rotatable bonds is 8. The molecule has 176 valence electrons. The summed E-state index contributed by atoms with van der Waals surface area (Å²) in [6, 6.07) is 24.2. The van der Waals surface area contributed by atoms with Crippen molar-refractivity contribution in [1.82, 2.24) is 14.5 Å². The molecule has 2 aromatic heterocycles. The zero-order valence-electron chi connectivity index (χ0n) is 19.4. The summed E-state index contributed by atoms with van der Waals surface area (Å²) in [4.78, 5) is 22.0. The molecular formula is C27H24N4O2S2. The van der Waals surface area contributed by atoms with Crippen LogP contribution < -0.4 is 10.1 Å². The van der Waals surface area contributed by atoms with Crippen LogP contribution in [0, 0.1) is 6.92 Å². The molecule has 35 heavy (non-hydrogen) atoms. The number of imidazole rings is 1. The lowest BCUT2D eigenvalue weighted by atomic mass is 10.1. The Kier molecular flexibility index (Phi) is 6.83. The monoisotopic (exact) mass is 500 g/mol. The summed E-state index contributed by atoms with van der Waals surface area (Å²) in [6.45, 7) is 4.62. The number of hydrogen-bond acceptors (Lipinski definition) is 6. The molecule has 3 aromatic carbocycles. The molecule has 2 heterocycles. The number of anilines is 1. The number of nitrogens with one attached hydrogen (secondary N) is 1. The molecule has 5 rings (SSSR count). The van der Waals surface area contributed by atoms with Crippen molar-refractivity contribution in [3.05, 3.63) is 84.6 Å². The second-order valence-electron chi connectivity index (χ2n) is 7.88. The van der Waals surface area contributed by atoms with Gasteiger partial charge in [0.1, 0.15) is 5.75 Å². The Labute approximate surface area is 212 Å². The van der Waals surface area contributed by atoms with E-state index in [-0.39, 0.29) is 11.7 Å². The van der Waals surface area contributed by atoms with Gasteiger partial charge in [-0.3, -0.25) is 9.36 Å². The van der Waals surface area contributed by atoms with Crippen LogP contribution in [0.3, 0.4) is 0 Å². The maximum atomic E-state index is 12.8. The summed E-state index contributed by atoms with van der Waals surface area (Å²) in [7, 11) is 0. The number of aromatic nitrogens is 3. The van der Waals surface area contributed by atoms with Crippen LogP contribution in [-0.4, -0.2) is 32.8 Å². The fourth-order valence-corrected chi connectivity index (χ4v) is 5.40. The molecule has 5 aromatic rings. The Morgan fingerprint density at radius 2 is 1.89 bits per heavy atom. The number of carbonyl (C=O) groups is 1. The van der Waals surface area contributed by atoms with Gasteiger partial charge in [0, 0.05) is 11.3 Å². The van der Waals surface area contributed by atoms with Crippen molar-refractivity contribution in [1.29, 1.82) is 0 Å². The molecule has 0 aliphatic heterocycles. The first-order valence-electron chi connectivity index (χ1n) is 11.3. The van der Waals surface area contributed by atoms with Gasteiger partial charge in [-0.1, -0.05) is 71.1 Å². The Hall–Kier alpha value is -3.62. The first-order valence-corrected chi connectivity index (χ1v) is 13.1. The summed E-state index contributed by atoms with van der Waals surface area (Å²) in [5.74, 6) is 0.894. The van der Waals surface area contributed by atoms with E-state index in [4.69, 9.17) is 4.74 Å². The Morgan fingerprint density at radius 1 is 1.09 bits per heavy atom. The number of nitrogens with zero attached hydrogens (tertiary/aromatic N) is 3. The lowest BCUT2D eigenvalue weighted by molar-refractivity contribution is -0.113. The molecular weight excluding hydrogens is 476 g/mol.